The van der Waals surface area contributed by atoms with Gasteiger partial charge in [-0.05, 0) is 46.5 Å². The van der Waals surface area contributed by atoms with Gasteiger partial charge in [0, 0.05) is 16.8 Å². The Morgan fingerprint density at radius 2 is 1.94 bits per heavy atom. The number of nitrogens with zero attached hydrogens (tertiary/aromatic N) is 3. The van der Waals surface area contributed by atoms with Gasteiger partial charge in [0.1, 0.15) is 5.75 Å². The van der Waals surface area contributed by atoms with Crippen LogP contribution < -0.4 is 15.0 Å². The van der Waals surface area contributed by atoms with Crippen molar-refractivity contribution in [1.82, 2.24) is 10.2 Å². The lowest BCUT2D eigenvalue weighted by molar-refractivity contribution is 0.102. The largest absolute Gasteiger partial charge is 0.473 e. The van der Waals surface area contributed by atoms with Crippen molar-refractivity contribution in [3.05, 3.63) is 89.3 Å². The summed E-state index contributed by atoms with van der Waals surface area (Å²) in [5, 5.41) is 16.8. The molecule has 0 aliphatic carbocycles. The fourth-order valence-electron chi connectivity index (χ4n) is 3.95. The summed E-state index contributed by atoms with van der Waals surface area (Å²) in [5.41, 5.74) is 2.64. The van der Waals surface area contributed by atoms with Crippen molar-refractivity contribution in [2.75, 3.05) is 16.9 Å². The van der Waals surface area contributed by atoms with E-state index < -0.39 is 0 Å². The fraction of sp³-hybridized carbons (Fsp3) is 0.0800. The molecule has 0 bridgehead atoms. The Kier molecular flexibility index (Phi) is 5.01. The predicted molar refractivity (Wildman–Crippen MR) is 133 cm³/mol. The zero-order valence-electron chi connectivity index (χ0n) is 17.4. The van der Waals surface area contributed by atoms with Gasteiger partial charge in [-0.25, -0.2) is 0 Å². The van der Waals surface area contributed by atoms with E-state index in [1.165, 1.54) is 22.1 Å². The Hall–Kier alpha value is -3.75. The standard InChI is InChI=1S/C25H18N4O2S2/c30-23(26-25-28-27-24(33-25)22-9-4-12-32-22)17-6-3-7-18(13-17)29-14-20-19-8-2-1-5-16(19)10-11-21(20)31-15-29/h1-13H,14-15H2,(H,26,28,30). The molecule has 0 fully saturated rings. The fourth-order valence-corrected chi connectivity index (χ4v) is 5.48. The molecule has 33 heavy (non-hydrogen) atoms. The molecule has 5 aromatic rings. The minimum atomic E-state index is -0.213. The molecule has 0 atom stereocenters. The maximum absolute atomic E-state index is 12.9. The molecule has 8 heteroatoms. The molecule has 1 N–H and O–H groups in total. The molecule has 1 aliphatic rings. The number of aromatic nitrogens is 2. The molecule has 0 saturated carbocycles. The molecule has 2 aromatic heterocycles. The number of fused-ring (bicyclic) bond motifs is 3. The Labute approximate surface area is 198 Å². The molecule has 1 amide bonds. The van der Waals surface area contributed by atoms with Gasteiger partial charge in [0.2, 0.25) is 5.13 Å². The van der Waals surface area contributed by atoms with E-state index in [-0.39, 0.29) is 5.91 Å². The van der Waals surface area contributed by atoms with Gasteiger partial charge in [0.05, 0.1) is 11.4 Å². The average Bonchev–Trinajstić information content (AvgIpc) is 3.56. The minimum Gasteiger partial charge on any atom is -0.473 e. The average molecular weight is 471 g/mol. The van der Waals surface area contributed by atoms with E-state index in [4.69, 9.17) is 4.74 Å². The molecule has 0 unspecified atom stereocenters. The van der Waals surface area contributed by atoms with Crippen molar-refractivity contribution in [2.24, 2.45) is 0 Å². The van der Waals surface area contributed by atoms with E-state index in [0.29, 0.717) is 24.0 Å². The van der Waals surface area contributed by atoms with Crippen molar-refractivity contribution < 1.29 is 9.53 Å². The first-order valence-corrected chi connectivity index (χ1v) is 12.1. The smallest absolute Gasteiger partial charge is 0.257 e. The molecule has 0 spiro atoms. The van der Waals surface area contributed by atoms with Gasteiger partial charge in [0.25, 0.3) is 5.91 Å². The highest BCUT2D eigenvalue weighted by atomic mass is 32.1. The summed E-state index contributed by atoms with van der Waals surface area (Å²) in [7, 11) is 0. The predicted octanol–water partition coefficient (Wildman–Crippen LogP) is 6.03. The van der Waals surface area contributed by atoms with Crippen LogP contribution >= 0.6 is 22.7 Å². The van der Waals surface area contributed by atoms with E-state index in [1.54, 1.807) is 17.4 Å². The van der Waals surface area contributed by atoms with Crippen LogP contribution in [0.3, 0.4) is 0 Å². The first-order valence-electron chi connectivity index (χ1n) is 10.4. The number of anilines is 2. The maximum atomic E-state index is 12.9. The van der Waals surface area contributed by atoms with Crippen LogP contribution in [0, 0.1) is 0 Å². The second-order valence-electron chi connectivity index (χ2n) is 7.63. The van der Waals surface area contributed by atoms with E-state index in [0.717, 1.165) is 26.9 Å². The van der Waals surface area contributed by atoms with Gasteiger partial charge in [-0.15, -0.1) is 21.5 Å². The number of carbonyl (C=O) groups excluding carboxylic acids is 1. The van der Waals surface area contributed by atoms with Gasteiger partial charge >= 0.3 is 0 Å². The number of nitrogens with one attached hydrogen (secondary N) is 1. The Balaban J connectivity index is 1.23. The van der Waals surface area contributed by atoms with Crippen molar-refractivity contribution in [1.29, 1.82) is 0 Å². The SMILES string of the molecule is O=C(Nc1nnc(-c2cccs2)s1)c1cccc(N2COc3ccc4ccccc4c3C2)c1. The number of hydrogen-bond donors (Lipinski definition) is 1. The summed E-state index contributed by atoms with van der Waals surface area (Å²) in [4.78, 5) is 16.1. The monoisotopic (exact) mass is 470 g/mol. The number of amides is 1. The second-order valence-corrected chi connectivity index (χ2v) is 9.55. The van der Waals surface area contributed by atoms with Crippen molar-refractivity contribution in [2.45, 2.75) is 6.54 Å². The molecule has 3 heterocycles. The van der Waals surface area contributed by atoms with Crippen molar-refractivity contribution in [3.63, 3.8) is 0 Å². The van der Waals surface area contributed by atoms with E-state index in [9.17, 15) is 4.79 Å². The van der Waals surface area contributed by atoms with Crippen LogP contribution in [0.5, 0.6) is 5.75 Å². The van der Waals surface area contributed by atoms with Gasteiger partial charge < -0.3 is 9.64 Å². The van der Waals surface area contributed by atoms with E-state index in [2.05, 4.69) is 38.6 Å². The van der Waals surface area contributed by atoms with Gasteiger partial charge in [-0.1, -0.05) is 53.8 Å². The summed E-state index contributed by atoms with van der Waals surface area (Å²) in [5.74, 6) is 0.700. The van der Waals surface area contributed by atoms with Gasteiger partial charge in [-0.2, -0.15) is 0 Å². The molecule has 1 aliphatic heterocycles. The molecular formula is C25H18N4O2S2. The van der Waals surface area contributed by atoms with Crippen LogP contribution in [0.1, 0.15) is 15.9 Å². The molecule has 162 valence electrons. The lowest BCUT2D eigenvalue weighted by Gasteiger charge is -2.31. The van der Waals surface area contributed by atoms with E-state index in [1.807, 2.05) is 53.9 Å². The molecule has 0 radical (unpaired) electrons. The van der Waals surface area contributed by atoms with Crippen LogP contribution in [0.4, 0.5) is 10.8 Å². The van der Waals surface area contributed by atoms with Crippen LogP contribution in [-0.4, -0.2) is 22.8 Å². The highest BCUT2D eigenvalue weighted by Gasteiger charge is 2.21. The Morgan fingerprint density at radius 1 is 1.00 bits per heavy atom. The highest BCUT2D eigenvalue weighted by molar-refractivity contribution is 7.23. The number of hydrogen-bond acceptors (Lipinski definition) is 7. The number of thiophene rings is 1. The summed E-state index contributed by atoms with van der Waals surface area (Å²) >= 11 is 2.96. The lowest BCUT2D eigenvalue weighted by Crippen LogP contribution is -2.32. The first-order chi connectivity index (χ1) is 16.2. The third-order valence-electron chi connectivity index (χ3n) is 5.57. The normalized spacial score (nSPS) is 12.9. The summed E-state index contributed by atoms with van der Waals surface area (Å²) in [6.45, 7) is 1.14. The van der Waals surface area contributed by atoms with E-state index >= 15 is 0 Å². The van der Waals surface area contributed by atoms with Gasteiger partial charge in [-0.3, -0.25) is 10.1 Å². The quantitative estimate of drug-likeness (QED) is 0.347. The lowest BCUT2D eigenvalue weighted by atomic mass is 10.0. The molecular weight excluding hydrogens is 452 g/mol. The minimum absolute atomic E-state index is 0.213. The summed E-state index contributed by atoms with van der Waals surface area (Å²) in [6, 6.07) is 24.0. The number of carbonyl (C=O) groups is 1. The zero-order valence-corrected chi connectivity index (χ0v) is 19.0. The molecule has 6 rings (SSSR count). The third-order valence-corrected chi connectivity index (χ3v) is 7.45. The second kappa shape index (κ2) is 8.31. The van der Waals surface area contributed by atoms with Crippen LogP contribution in [-0.2, 0) is 6.54 Å². The molecule has 6 nitrogen and oxygen atoms in total. The summed E-state index contributed by atoms with van der Waals surface area (Å²) < 4.78 is 6.04. The van der Waals surface area contributed by atoms with Crippen molar-refractivity contribution in [3.8, 4) is 15.6 Å². The maximum Gasteiger partial charge on any atom is 0.257 e. The zero-order chi connectivity index (χ0) is 22.2. The Morgan fingerprint density at radius 3 is 2.85 bits per heavy atom. The topological polar surface area (TPSA) is 67.4 Å². The number of rotatable bonds is 4. The number of benzene rings is 3. The first kappa shape index (κ1) is 19.9. The molecule has 3 aromatic carbocycles. The van der Waals surface area contributed by atoms with Crippen LogP contribution in [0.25, 0.3) is 20.7 Å². The number of ether oxygens (including phenoxy) is 1. The third kappa shape index (κ3) is 3.83. The van der Waals surface area contributed by atoms with Gasteiger partial charge in [0.15, 0.2) is 11.7 Å². The van der Waals surface area contributed by atoms with Crippen LogP contribution in [0.2, 0.25) is 0 Å². The highest BCUT2D eigenvalue weighted by Crippen LogP contribution is 2.34. The Bertz CT molecular complexity index is 1460. The van der Waals surface area contributed by atoms with Crippen molar-refractivity contribution >= 4 is 50.2 Å². The summed E-state index contributed by atoms with van der Waals surface area (Å²) in [6.07, 6.45) is 0. The van der Waals surface area contributed by atoms with Crippen LogP contribution in [0.15, 0.2) is 78.2 Å². The molecule has 0 saturated heterocycles.